The van der Waals surface area contributed by atoms with Crippen LogP contribution in [0.4, 0.5) is 4.39 Å². The molecule has 0 saturated heterocycles. The van der Waals surface area contributed by atoms with Crippen LogP contribution in [0, 0.1) is 5.82 Å². The Morgan fingerprint density at radius 2 is 2.00 bits per heavy atom. The zero-order valence-corrected chi connectivity index (χ0v) is 15.4. The van der Waals surface area contributed by atoms with Crippen molar-refractivity contribution in [3.63, 3.8) is 0 Å². The molecule has 0 atom stereocenters. The van der Waals surface area contributed by atoms with E-state index in [9.17, 15) is 17.6 Å². The minimum absolute atomic E-state index is 0.159. The van der Waals surface area contributed by atoms with Crippen LogP contribution in [-0.2, 0) is 16.4 Å². The molecule has 27 heavy (non-hydrogen) atoms. The Kier molecular flexibility index (Phi) is 5.52. The Balaban J connectivity index is 1.68. The van der Waals surface area contributed by atoms with E-state index in [0.717, 1.165) is 29.2 Å². The first-order valence-electron chi connectivity index (χ1n) is 8.42. The second kappa shape index (κ2) is 7.85. The number of benzene rings is 2. The van der Waals surface area contributed by atoms with Crippen molar-refractivity contribution in [1.82, 2.24) is 20.0 Å². The first-order chi connectivity index (χ1) is 12.9. The Morgan fingerprint density at radius 3 is 2.74 bits per heavy atom. The molecule has 0 saturated carbocycles. The molecule has 0 aliphatic carbocycles. The van der Waals surface area contributed by atoms with Gasteiger partial charge in [-0.2, -0.15) is 0 Å². The maximum Gasteiger partial charge on any atom is 0.254 e. The lowest BCUT2D eigenvalue weighted by molar-refractivity contribution is 0.0949. The zero-order chi connectivity index (χ0) is 19.4. The van der Waals surface area contributed by atoms with E-state index < -0.39 is 21.7 Å². The molecule has 3 aromatic rings. The van der Waals surface area contributed by atoms with Crippen LogP contribution in [0.15, 0.2) is 47.4 Å². The van der Waals surface area contributed by atoms with Crippen molar-refractivity contribution in [2.45, 2.75) is 18.2 Å². The lowest BCUT2D eigenvalue weighted by Crippen LogP contribution is -2.28. The van der Waals surface area contributed by atoms with Crippen LogP contribution in [-0.4, -0.2) is 37.4 Å². The van der Waals surface area contributed by atoms with Gasteiger partial charge in [0.15, 0.2) is 0 Å². The van der Waals surface area contributed by atoms with Crippen LogP contribution in [0.25, 0.3) is 11.0 Å². The smallest absolute Gasteiger partial charge is 0.254 e. The Bertz CT molecular complexity index is 1050. The number of nitrogens with zero attached hydrogens (tertiary/aromatic N) is 1. The van der Waals surface area contributed by atoms with Gasteiger partial charge in [-0.05, 0) is 30.3 Å². The predicted molar refractivity (Wildman–Crippen MR) is 99.4 cm³/mol. The standard InChI is InChI=1S/C18H19FN4O3S/c1-2-21-27(25,26)12-7-8-14(19)13(11-12)18(24)20-10-9-17-22-15-5-3-4-6-16(15)23-17/h3-8,11,21H,2,9-10H2,1H3,(H,20,24)(H,22,23). The Hall–Kier alpha value is -2.78. The van der Waals surface area contributed by atoms with Crippen molar-refractivity contribution in [2.75, 3.05) is 13.1 Å². The maximum atomic E-state index is 14.0. The van der Waals surface area contributed by atoms with Gasteiger partial charge in [0.1, 0.15) is 11.6 Å². The lowest BCUT2D eigenvalue weighted by atomic mass is 10.2. The lowest BCUT2D eigenvalue weighted by Gasteiger charge is -2.09. The Labute approximate surface area is 156 Å². The predicted octanol–water partition coefficient (Wildman–Crippen LogP) is 1.97. The van der Waals surface area contributed by atoms with Gasteiger partial charge in [0.25, 0.3) is 5.91 Å². The van der Waals surface area contributed by atoms with Gasteiger partial charge in [-0.3, -0.25) is 4.79 Å². The van der Waals surface area contributed by atoms with E-state index in [1.54, 1.807) is 6.92 Å². The molecular weight excluding hydrogens is 371 g/mol. The third-order valence-corrected chi connectivity index (χ3v) is 5.46. The van der Waals surface area contributed by atoms with Crippen molar-refractivity contribution in [1.29, 1.82) is 0 Å². The highest BCUT2D eigenvalue weighted by atomic mass is 32.2. The van der Waals surface area contributed by atoms with E-state index in [1.165, 1.54) is 0 Å². The number of amides is 1. The molecule has 0 unspecified atom stereocenters. The highest BCUT2D eigenvalue weighted by molar-refractivity contribution is 7.89. The van der Waals surface area contributed by atoms with Crippen LogP contribution in [0.1, 0.15) is 23.1 Å². The van der Waals surface area contributed by atoms with Crippen LogP contribution < -0.4 is 10.0 Å². The summed E-state index contributed by atoms with van der Waals surface area (Å²) in [6.07, 6.45) is 0.428. The summed E-state index contributed by atoms with van der Waals surface area (Å²) in [5, 5.41) is 2.59. The summed E-state index contributed by atoms with van der Waals surface area (Å²) in [5.74, 6) is -0.774. The molecule has 0 spiro atoms. The molecule has 0 radical (unpaired) electrons. The number of para-hydroxylation sites is 2. The molecule has 2 aromatic carbocycles. The summed E-state index contributed by atoms with van der Waals surface area (Å²) >= 11 is 0. The third-order valence-electron chi connectivity index (χ3n) is 3.91. The highest BCUT2D eigenvalue weighted by Gasteiger charge is 2.18. The number of aromatic amines is 1. The largest absolute Gasteiger partial charge is 0.351 e. The number of hydrogen-bond donors (Lipinski definition) is 3. The van der Waals surface area contributed by atoms with Gasteiger partial charge >= 0.3 is 0 Å². The summed E-state index contributed by atoms with van der Waals surface area (Å²) in [5.41, 5.74) is 1.40. The number of carbonyl (C=O) groups is 1. The number of H-pyrrole nitrogens is 1. The molecule has 1 heterocycles. The third kappa shape index (κ3) is 4.32. The fourth-order valence-corrected chi connectivity index (χ4v) is 3.70. The quantitative estimate of drug-likeness (QED) is 0.574. The van der Waals surface area contributed by atoms with Gasteiger partial charge in [0.05, 0.1) is 21.5 Å². The normalized spacial score (nSPS) is 11.6. The molecule has 0 aliphatic heterocycles. The average molecular weight is 390 g/mol. The van der Waals surface area contributed by atoms with E-state index in [4.69, 9.17) is 0 Å². The first-order valence-corrected chi connectivity index (χ1v) is 9.90. The maximum absolute atomic E-state index is 14.0. The number of rotatable bonds is 7. The van der Waals surface area contributed by atoms with Crippen molar-refractivity contribution < 1.29 is 17.6 Å². The van der Waals surface area contributed by atoms with Gasteiger partial charge in [-0.15, -0.1) is 0 Å². The summed E-state index contributed by atoms with van der Waals surface area (Å²) in [4.78, 5) is 19.6. The number of halogens is 1. The Morgan fingerprint density at radius 1 is 1.22 bits per heavy atom. The molecule has 3 rings (SSSR count). The molecule has 7 nitrogen and oxygen atoms in total. The topological polar surface area (TPSA) is 104 Å². The summed E-state index contributed by atoms with van der Waals surface area (Å²) in [6.45, 7) is 2.05. The minimum atomic E-state index is -3.77. The van der Waals surface area contributed by atoms with E-state index in [2.05, 4.69) is 20.0 Å². The van der Waals surface area contributed by atoms with E-state index >= 15 is 0 Å². The van der Waals surface area contributed by atoms with Gasteiger partial charge in [0.2, 0.25) is 10.0 Å². The van der Waals surface area contributed by atoms with Gasteiger partial charge < -0.3 is 10.3 Å². The molecule has 142 valence electrons. The highest BCUT2D eigenvalue weighted by Crippen LogP contribution is 2.15. The minimum Gasteiger partial charge on any atom is -0.351 e. The zero-order valence-electron chi connectivity index (χ0n) is 14.6. The molecule has 1 amide bonds. The van der Waals surface area contributed by atoms with Crippen molar-refractivity contribution in [3.8, 4) is 0 Å². The van der Waals surface area contributed by atoms with Gasteiger partial charge in [-0.1, -0.05) is 19.1 Å². The van der Waals surface area contributed by atoms with Gasteiger partial charge in [-0.25, -0.2) is 22.5 Å². The molecule has 3 N–H and O–H groups in total. The van der Waals surface area contributed by atoms with Crippen LogP contribution >= 0.6 is 0 Å². The number of imidazole rings is 1. The molecule has 0 aliphatic rings. The second-order valence-corrected chi connectivity index (χ2v) is 7.62. The van der Waals surface area contributed by atoms with E-state index in [0.29, 0.717) is 12.2 Å². The molecule has 0 bridgehead atoms. The molecule has 1 aromatic heterocycles. The fraction of sp³-hybridized carbons (Fsp3) is 0.222. The van der Waals surface area contributed by atoms with Crippen molar-refractivity contribution >= 4 is 27.0 Å². The van der Waals surface area contributed by atoms with E-state index in [1.807, 2.05) is 24.3 Å². The number of nitrogens with one attached hydrogen (secondary N) is 3. The summed E-state index contributed by atoms with van der Waals surface area (Å²) in [6, 6.07) is 10.7. The van der Waals surface area contributed by atoms with Gasteiger partial charge in [0, 0.05) is 19.5 Å². The SMILES string of the molecule is CCNS(=O)(=O)c1ccc(F)c(C(=O)NCCc2nc3ccccc3[nH]2)c1. The number of aromatic nitrogens is 2. The van der Waals surface area contributed by atoms with Crippen molar-refractivity contribution in [3.05, 3.63) is 59.7 Å². The number of carbonyl (C=O) groups excluding carboxylic acids is 1. The monoisotopic (exact) mass is 390 g/mol. The van der Waals surface area contributed by atoms with E-state index in [-0.39, 0.29) is 23.5 Å². The summed E-state index contributed by atoms with van der Waals surface area (Å²) in [7, 11) is -3.77. The first kappa shape index (κ1) is 19.0. The number of hydrogen-bond acceptors (Lipinski definition) is 4. The number of sulfonamides is 1. The number of fused-ring (bicyclic) bond motifs is 1. The van der Waals surface area contributed by atoms with Crippen LogP contribution in [0.5, 0.6) is 0 Å². The van der Waals surface area contributed by atoms with Crippen LogP contribution in [0.3, 0.4) is 0 Å². The molecule has 0 fully saturated rings. The van der Waals surface area contributed by atoms with Crippen LogP contribution in [0.2, 0.25) is 0 Å². The average Bonchev–Trinajstić information content (AvgIpc) is 3.04. The summed E-state index contributed by atoms with van der Waals surface area (Å²) < 4.78 is 40.3. The molecular formula is C18H19FN4O3S. The fourth-order valence-electron chi connectivity index (χ4n) is 2.63. The van der Waals surface area contributed by atoms with Crippen molar-refractivity contribution in [2.24, 2.45) is 0 Å². The molecule has 9 heteroatoms. The second-order valence-electron chi connectivity index (χ2n) is 5.85.